The lowest BCUT2D eigenvalue weighted by atomic mass is 10.1. The molecule has 0 fully saturated rings. The van der Waals surface area contributed by atoms with Crippen molar-refractivity contribution in [2.24, 2.45) is 5.92 Å². The van der Waals surface area contributed by atoms with E-state index in [0.717, 1.165) is 18.7 Å². The van der Waals surface area contributed by atoms with Crippen molar-refractivity contribution in [2.75, 3.05) is 30.4 Å². The minimum Gasteiger partial charge on any atom is -0.391 e. The van der Waals surface area contributed by atoms with Gasteiger partial charge in [0.05, 0.1) is 6.10 Å². The number of likely N-dealkylation sites (N-methyl/N-ethyl adjacent to an activating group) is 1. The van der Waals surface area contributed by atoms with Crippen LogP contribution in [0.3, 0.4) is 0 Å². The highest BCUT2D eigenvalue weighted by Gasteiger charge is 2.16. The highest BCUT2D eigenvalue weighted by molar-refractivity contribution is 5.90. The Morgan fingerprint density at radius 1 is 1.43 bits per heavy atom. The lowest BCUT2D eigenvalue weighted by Gasteiger charge is -2.16. The van der Waals surface area contributed by atoms with Gasteiger partial charge in [0.1, 0.15) is 0 Å². The SMILES string of the molecule is CC(C)CC(O)CNC(=O)Nc1ccc2c(c1)N(C)CC2. The van der Waals surface area contributed by atoms with Gasteiger partial charge in [-0.15, -0.1) is 0 Å². The van der Waals surface area contributed by atoms with Gasteiger partial charge in [-0.05, 0) is 36.5 Å². The molecule has 1 atom stereocenters. The van der Waals surface area contributed by atoms with Gasteiger partial charge in [-0.25, -0.2) is 4.79 Å². The van der Waals surface area contributed by atoms with E-state index in [0.29, 0.717) is 12.3 Å². The number of benzene rings is 1. The maximum absolute atomic E-state index is 11.8. The normalized spacial score (nSPS) is 15.0. The highest BCUT2D eigenvalue weighted by Crippen LogP contribution is 2.29. The van der Waals surface area contributed by atoms with Crippen LogP contribution in [0.1, 0.15) is 25.8 Å². The van der Waals surface area contributed by atoms with Crippen molar-refractivity contribution in [3.8, 4) is 0 Å². The van der Waals surface area contributed by atoms with Crippen LogP contribution in [0.4, 0.5) is 16.2 Å². The van der Waals surface area contributed by atoms with Crippen LogP contribution in [0, 0.1) is 5.92 Å². The van der Waals surface area contributed by atoms with Gasteiger partial charge in [0.25, 0.3) is 0 Å². The standard InChI is InChI=1S/C16H25N3O2/c1-11(2)8-14(20)10-17-16(21)18-13-5-4-12-6-7-19(3)15(12)9-13/h4-5,9,11,14,20H,6-8,10H2,1-3H3,(H2,17,18,21). The number of aliphatic hydroxyl groups excluding tert-OH is 1. The smallest absolute Gasteiger partial charge is 0.319 e. The highest BCUT2D eigenvalue weighted by atomic mass is 16.3. The zero-order chi connectivity index (χ0) is 15.4. The first-order valence-electron chi connectivity index (χ1n) is 7.52. The summed E-state index contributed by atoms with van der Waals surface area (Å²) in [6.45, 7) is 5.38. The summed E-state index contributed by atoms with van der Waals surface area (Å²) < 4.78 is 0. The molecule has 1 aromatic rings. The van der Waals surface area contributed by atoms with Crippen molar-refractivity contribution >= 4 is 17.4 Å². The first-order chi connectivity index (χ1) is 9.95. The molecule has 0 saturated carbocycles. The fraction of sp³-hybridized carbons (Fsp3) is 0.562. The summed E-state index contributed by atoms with van der Waals surface area (Å²) in [5.74, 6) is 0.414. The number of anilines is 2. The number of nitrogens with one attached hydrogen (secondary N) is 2. The molecule has 1 aromatic carbocycles. The molecule has 5 nitrogen and oxygen atoms in total. The van der Waals surface area contributed by atoms with Crippen molar-refractivity contribution in [1.29, 1.82) is 0 Å². The topological polar surface area (TPSA) is 64.6 Å². The Morgan fingerprint density at radius 3 is 2.90 bits per heavy atom. The van der Waals surface area contributed by atoms with Crippen LogP contribution in [0.2, 0.25) is 0 Å². The summed E-state index contributed by atoms with van der Waals surface area (Å²) in [4.78, 5) is 14.0. The van der Waals surface area contributed by atoms with E-state index in [-0.39, 0.29) is 12.6 Å². The molecule has 5 heteroatoms. The van der Waals surface area contributed by atoms with Crippen LogP contribution in [-0.2, 0) is 6.42 Å². The Bertz CT molecular complexity index is 502. The van der Waals surface area contributed by atoms with E-state index >= 15 is 0 Å². The molecule has 0 spiro atoms. The fourth-order valence-electron chi connectivity index (χ4n) is 2.63. The van der Waals surface area contributed by atoms with Crippen LogP contribution in [0.5, 0.6) is 0 Å². The molecular weight excluding hydrogens is 266 g/mol. The van der Waals surface area contributed by atoms with Gasteiger partial charge in [0, 0.05) is 31.5 Å². The summed E-state index contributed by atoms with van der Waals surface area (Å²) in [6.07, 6.45) is 1.24. The quantitative estimate of drug-likeness (QED) is 0.779. The van der Waals surface area contributed by atoms with E-state index in [1.54, 1.807) is 0 Å². The first kappa shape index (κ1) is 15.6. The monoisotopic (exact) mass is 291 g/mol. The predicted octanol–water partition coefficient (Wildman–Crippen LogP) is 2.21. The van der Waals surface area contributed by atoms with E-state index in [1.807, 2.05) is 26.0 Å². The van der Waals surface area contributed by atoms with Crippen molar-refractivity contribution < 1.29 is 9.90 Å². The Morgan fingerprint density at radius 2 is 2.19 bits per heavy atom. The number of aliphatic hydroxyl groups is 1. The van der Waals surface area contributed by atoms with Crippen molar-refractivity contribution in [1.82, 2.24) is 5.32 Å². The molecule has 0 bridgehead atoms. The van der Waals surface area contributed by atoms with Crippen molar-refractivity contribution in [3.63, 3.8) is 0 Å². The first-order valence-corrected chi connectivity index (χ1v) is 7.52. The summed E-state index contributed by atoms with van der Waals surface area (Å²) in [5, 5.41) is 15.3. The van der Waals surface area contributed by atoms with E-state index < -0.39 is 6.10 Å². The molecule has 21 heavy (non-hydrogen) atoms. The number of hydrogen-bond donors (Lipinski definition) is 3. The van der Waals surface area contributed by atoms with Crippen LogP contribution >= 0.6 is 0 Å². The molecule has 1 aliphatic heterocycles. The summed E-state index contributed by atoms with van der Waals surface area (Å²) in [5.41, 5.74) is 3.27. The van der Waals surface area contributed by atoms with Crippen molar-refractivity contribution in [3.05, 3.63) is 23.8 Å². The second-order valence-corrected chi connectivity index (χ2v) is 6.13. The predicted molar refractivity (Wildman–Crippen MR) is 85.9 cm³/mol. The number of amides is 2. The Kier molecular flexibility index (Phi) is 5.07. The van der Waals surface area contributed by atoms with Gasteiger partial charge in [-0.3, -0.25) is 0 Å². The third-order valence-electron chi connectivity index (χ3n) is 3.71. The lowest BCUT2D eigenvalue weighted by Crippen LogP contribution is -2.35. The molecule has 0 radical (unpaired) electrons. The molecule has 1 unspecified atom stereocenters. The van der Waals surface area contributed by atoms with E-state index in [2.05, 4.69) is 28.6 Å². The number of carbonyl (C=O) groups excluding carboxylic acids is 1. The summed E-state index contributed by atoms with van der Waals surface area (Å²) in [7, 11) is 2.05. The Labute approximate surface area is 126 Å². The van der Waals surface area contributed by atoms with Gasteiger partial charge in [0.15, 0.2) is 0 Å². The summed E-state index contributed by atoms with van der Waals surface area (Å²) >= 11 is 0. The molecule has 2 amide bonds. The molecule has 116 valence electrons. The van der Waals surface area contributed by atoms with E-state index in [9.17, 15) is 9.90 Å². The van der Waals surface area contributed by atoms with Gasteiger partial charge in [-0.1, -0.05) is 19.9 Å². The average Bonchev–Trinajstić information content (AvgIpc) is 2.77. The number of carbonyl (C=O) groups is 1. The zero-order valence-corrected chi connectivity index (χ0v) is 13.0. The molecule has 0 aromatic heterocycles. The van der Waals surface area contributed by atoms with Gasteiger partial charge in [-0.2, -0.15) is 0 Å². The van der Waals surface area contributed by atoms with E-state index in [1.165, 1.54) is 11.3 Å². The number of nitrogens with zero attached hydrogens (tertiary/aromatic N) is 1. The third-order valence-corrected chi connectivity index (χ3v) is 3.71. The maximum Gasteiger partial charge on any atom is 0.319 e. The second-order valence-electron chi connectivity index (χ2n) is 6.13. The number of hydrogen-bond acceptors (Lipinski definition) is 3. The fourth-order valence-corrected chi connectivity index (χ4v) is 2.63. The Hall–Kier alpha value is -1.75. The molecular formula is C16H25N3O2. The minimum absolute atomic E-state index is 0.273. The van der Waals surface area contributed by atoms with Crippen LogP contribution in [-0.4, -0.2) is 37.4 Å². The zero-order valence-electron chi connectivity index (χ0n) is 13.0. The van der Waals surface area contributed by atoms with Crippen LogP contribution in [0.25, 0.3) is 0 Å². The van der Waals surface area contributed by atoms with Crippen LogP contribution in [0.15, 0.2) is 18.2 Å². The second kappa shape index (κ2) is 6.80. The van der Waals surface area contributed by atoms with Gasteiger partial charge >= 0.3 is 6.03 Å². The minimum atomic E-state index is -0.498. The Balaban J connectivity index is 1.84. The number of rotatable bonds is 5. The maximum atomic E-state index is 11.8. The van der Waals surface area contributed by atoms with Gasteiger partial charge < -0.3 is 20.6 Å². The lowest BCUT2D eigenvalue weighted by molar-refractivity contribution is 0.148. The third kappa shape index (κ3) is 4.36. The average molecular weight is 291 g/mol. The number of fused-ring (bicyclic) bond motifs is 1. The van der Waals surface area contributed by atoms with E-state index in [4.69, 9.17) is 0 Å². The molecule has 1 aliphatic rings. The van der Waals surface area contributed by atoms with Crippen molar-refractivity contribution in [2.45, 2.75) is 32.8 Å². The molecule has 2 rings (SSSR count). The molecule has 0 aliphatic carbocycles. The summed E-state index contributed by atoms with van der Waals surface area (Å²) in [6, 6.07) is 5.69. The largest absolute Gasteiger partial charge is 0.391 e. The van der Waals surface area contributed by atoms with Crippen LogP contribution < -0.4 is 15.5 Å². The number of urea groups is 1. The molecule has 1 heterocycles. The molecule has 3 N–H and O–H groups in total. The molecule has 0 saturated heterocycles. The van der Waals surface area contributed by atoms with Gasteiger partial charge in [0.2, 0.25) is 0 Å².